The van der Waals surface area contributed by atoms with Crippen LogP contribution in [0.2, 0.25) is 0 Å². The number of rotatable bonds is 3. The molecule has 0 bridgehead atoms. The van der Waals surface area contributed by atoms with Gasteiger partial charge in [0, 0.05) is 11.6 Å². The van der Waals surface area contributed by atoms with E-state index >= 15 is 0 Å². The van der Waals surface area contributed by atoms with Crippen molar-refractivity contribution in [2.45, 2.75) is 19.9 Å². The van der Waals surface area contributed by atoms with Gasteiger partial charge in [-0.15, -0.1) is 0 Å². The van der Waals surface area contributed by atoms with Gasteiger partial charge in [-0.25, -0.2) is 0 Å². The Morgan fingerprint density at radius 1 is 1.14 bits per heavy atom. The van der Waals surface area contributed by atoms with E-state index in [4.69, 9.17) is 0 Å². The molecule has 106 valence electrons. The first-order chi connectivity index (χ1) is 10.1. The minimum absolute atomic E-state index is 0.0150. The molecule has 0 radical (unpaired) electrons. The van der Waals surface area contributed by atoms with Crippen LogP contribution in [0, 0.1) is 0 Å². The summed E-state index contributed by atoms with van der Waals surface area (Å²) in [6.45, 7) is 4.02. The van der Waals surface area contributed by atoms with Crippen LogP contribution in [0.4, 0.5) is 0 Å². The third-order valence-electron chi connectivity index (χ3n) is 3.47. The van der Waals surface area contributed by atoms with Crippen molar-refractivity contribution < 1.29 is 4.79 Å². The number of benzene rings is 2. The number of carbonyl (C=O) groups excluding carboxylic acids is 1. The van der Waals surface area contributed by atoms with Crippen LogP contribution in [0.1, 0.15) is 35.9 Å². The number of hydrogen-bond acceptors (Lipinski definition) is 2. The molecule has 0 aliphatic heterocycles. The quantitative estimate of drug-likeness (QED) is 0.651. The Morgan fingerprint density at radius 2 is 1.86 bits per heavy atom. The summed E-state index contributed by atoms with van der Waals surface area (Å²) in [6.07, 6.45) is 1.67. The fourth-order valence-electron chi connectivity index (χ4n) is 2.41. The molecule has 4 heteroatoms. The molecular weight excluding hydrogens is 328 g/mol. The summed E-state index contributed by atoms with van der Waals surface area (Å²) in [5, 5.41) is 6.47. The predicted molar refractivity (Wildman–Crippen MR) is 87.7 cm³/mol. The van der Waals surface area contributed by atoms with Crippen molar-refractivity contribution in [3.05, 3.63) is 64.4 Å². The van der Waals surface area contributed by atoms with Crippen molar-refractivity contribution in [2.75, 3.05) is 0 Å². The SMILES string of the molecule is CC(C)n1ncc(Br)c1C(=O)c1ccc2ccccc2c1. The zero-order valence-corrected chi connectivity index (χ0v) is 13.5. The first-order valence-electron chi connectivity index (χ1n) is 6.84. The summed E-state index contributed by atoms with van der Waals surface area (Å²) >= 11 is 3.43. The molecule has 0 atom stereocenters. The van der Waals surface area contributed by atoms with Gasteiger partial charge in [-0.2, -0.15) is 5.10 Å². The lowest BCUT2D eigenvalue weighted by atomic mass is 10.0. The number of fused-ring (bicyclic) bond motifs is 1. The lowest BCUT2D eigenvalue weighted by Gasteiger charge is -2.11. The van der Waals surface area contributed by atoms with E-state index in [1.165, 1.54) is 0 Å². The molecule has 0 aliphatic rings. The van der Waals surface area contributed by atoms with E-state index in [1.54, 1.807) is 10.9 Å². The molecule has 2 aromatic carbocycles. The highest BCUT2D eigenvalue weighted by atomic mass is 79.9. The largest absolute Gasteiger partial charge is 0.287 e. The number of hydrogen-bond donors (Lipinski definition) is 0. The third kappa shape index (κ3) is 2.51. The zero-order valence-electron chi connectivity index (χ0n) is 11.9. The Bertz CT molecular complexity index is 821. The molecule has 3 aromatic rings. The first-order valence-corrected chi connectivity index (χ1v) is 7.63. The van der Waals surface area contributed by atoms with Gasteiger partial charge in [0.05, 0.1) is 10.7 Å². The Labute approximate surface area is 131 Å². The lowest BCUT2D eigenvalue weighted by Crippen LogP contribution is -2.14. The van der Waals surface area contributed by atoms with E-state index in [0.29, 0.717) is 11.3 Å². The molecule has 0 unspecified atom stereocenters. The van der Waals surface area contributed by atoms with Gasteiger partial charge in [-0.3, -0.25) is 9.48 Å². The fraction of sp³-hybridized carbons (Fsp3) is 0.176. The maximum Gasteiger partial charge on any atom is 0.212 e. The van der Waals surface area contributed by atoms with Crippen LogP contribution in [0.5, 0.6) is 0 Å². The van der Waals surface area contributed by atoms with Gasteiger partial charge in [0.15, 0.2) is 0 Å². The average Bonchev–Trinajstić information content (AvgIpc) is 2.88. The molecule has 0 saturated carbocycles. The highest BCUT2D eigenvalue weighted by molar-refractivity contribution is 9.10. The van der Waals surface area contributed by atoms with Crippen LogP contribution in [-0.4, -0.2) is 15.6 Å². The number of halogens is 1. The number of aromatic nitrogens is 2. The van der Waals surface area contributed by atoms with E-state index in [9.17, 15) is 4.79 Å². The molecule has 0 fully saturated rings. The zero-order chi connectivity index (χ0) is 15.0. The predicted octanol–water partition coefficient (Wildman–Crippen LogP) is 4.61. The van der Waals surface area contributed by atoms with E-state index in [0.717, 1.165) is 15.2 Å². The van der Waals surface area contributed by atoms with Gasteiger partial charge in [0.1, 0.15) is 5.69 Å². The third-order valence-corrected chi connectivity index (χ3v) is 4.05. The van der Waals surface area contributed by atoms with Crippen molar-refractivity contribution in [1.82, 2.24) is 9.78 Å². The molecule has 1 heterocycles. The second kappa shape index (κ2) is 5.45. The van der Waals surface area contributed by atoms with E-state index in [-0.39, 0.29) is 11.8 Å². The van der Waals surface area contributed by atoms with E-state index in [1.807, 2.05) is 56.3 Å². The Balaban J connectivity index is 2.10. The topological polar surface area (TPSA) is 34.9 Å². The summed E-state index contributed by atoms with van der Waals surface area (Å²) in [4.78, 5) is 12.8. The van der Waals surface area contributed by atoms with Crippen molar-refractivity contribution in [1.29, 1.82) is 0 Å². The van der Waals surface area contributed by atoms with Crippen LogP contribution in [0.15, 0.2) is 53.1 Å². The van der Waals surface area contributed by atoms with E-state index in [2.05, 4.69) is 21.0 Å². The van der Waals surface area contributed by atoms with Gasteiger partial charge >= 0.3 is 0 Å². The lowest BCUT2D eigenvalue weighted by molar-refractivity contribution is 0.102. The van der Waals surface area contributed by atoms with Crippen LogP contribution in [0.25, 0.3) is 10.8 Å². The van der Waals surface area contributed by atoms with E-state index < -0.39 is 0 Å². The molecule has 0 amide bonds. The standard InChI is InChI=1S/C17H15BrN2O/c1-11(2)20-16(15(18)10-19-20)17(21)14-8-7-12-5-3-4-6-13(12)9-14/h3-11H,1-2H3. The second-order valence-electron chi connectivity index (χ2n) is 5.27. The number of ketones is 1. The molecule has 1 aromatic heterocycles. The summed E-state index contributed by atoms with van der Waals surface area (Å²) in [5.41, 5.74) is 1.28. The summed E-state index contributed by atoms with van der Waals surface area (Å²) < 4.78 is 2.48. The highest BCUT2D eigenvalue weighted by Crippen LogP contribution is 2.24. The van der Waals surface area contributed by atoms with Crippen LogP contribution < -0.4 is 0 Å². The van der Waals surface area contributed by atoms with Crippen molar-refractivity contribution >= 4 is 32.5 Å². The molecule has 21 heavy (non-hydrogen) atoms. The molecule has 0 N–H and O–H groups in total. The maximum absolute atomic E-state index is 12.8. The van der Waals surface area contributed by atoms with Crippen LogP contribution >= 0.6 is 15.9 Å². The normalized spacial score (nSPS) is 11.2. The van der Waals surface area contributed by atoms with Gasteiger partial charge in [-0.05, 0) is 46.6 Å². The first kappa shape index (κ1) is 14.0. The fourth-order valence-corrected chi connectivity index (χ4v) is 2.87. The van der Waals surface area contributed by atoms with Gasteiger partial charge in [-0.1, -0.05) is 36.4 Å². The summed E-state index contributed by atoms with van der Waals surface area (Å²) in [7, 11) is 0. The smallest absolute Gasteiger partial charge is 0.212 e. The van der Waals surface area contributed by atoms with Crippen molar-refractivity contribution in [3.63, 3.8) is 0 Å². The number of nitrogens with zero attached hydrogens (tertiary/aromatic N) is 2. The van der Waals surface area contributed by atoms with Crippen LogP contribution in [0.3, 0.4) is 0 Å². The molecule has 0 spiro atoms. The monoisotopic (exact) mass is 342 g/mol. The van der Waals surface area contributed by atoms with Gasteiger partial charge in [0.2, 0.25) is 5.78 Å². The Hall–Kier alpha value is -1.94. The molecular formula is C17H15BrN2O. The minimum atomic E-state index is -0.0150. The van der Waals surface area contributed by atoms with Crippen LogP contribution in [-0.2, 0) is 0 Å². The molecule has 0 saturated heterocycles. The molecule has 3 nitrogen and oxygen atoms in total. The highest BCUT2D eigenvalue weighted by Gasteiger charge is 2.20. The number of carbonyl (C=O) groups is 1. The molecule has 0 aliphatic carbocycles. The Kier molecular flexibility index (Phi) is 3.64. The summed E-state index contributed by atoms with van der Waals surface area (Å²) in [5.74, 6) is -0.0150. The maximum atomic E-state index is 12.8. The van der Waals surface area contributed by atoms with Crippen molar-refractivity contribution in [2.24, 2.45) is 0 Å². The van der Waals surface area contributed by atoms with Gasteiger partial charge < -0.3 is 0 Å². The average molecular weight is 343 g/mol. The second-order valence-corrected chi connectivity index (χ2v) is 6.12. The van der Waals surface area contributed by atoms with Gasteiger partial charge in [0.25, 0.3) is 0 Å². The Morgan fingerprint density at radius 3 is 2.57 bits per heavy atom. The summed E-state index contributed by atoms with van der Waals surface area (Å²) in [6, 6.07) is 13.9. The molecule has 3 rings (SSSR count). The van der Waals surface area contributed by atoms with Crippen molar-refractivity contribution in [3.8, 4) is 0 Å². The minimum Gasteiger partial charge on any atom is -0.287 e.